The Labute approximate surface area is 373 Å². The van der Waals surface area contributed by atoms with Crippen molar-refractivity contribution in [2.75, 3.05) is 0 Å². The molecule has 0 aromatic rings. The first-order valence-corrected chi connectivity index (χ1v) is 19.4. The van der Waals surface area contributed by atoms with Gasteiger partial charge in [-0.15, -0.1) is 0 Å². The summed E-state index contributed by atoms with van der Waals surface area (Å²) in [6.07, 6.45) is -8.13. The fourth-order valence-electron chi connectivity index (χ4n) is 2.82. The highest BCUT2D eigenvalue weighted by molar-refractivity contribution is 4.91. The van der Waals surface area contributed by atoms with E-state index in [-0.39, 0.29) is 18.3 Å². The van der Waals surface area contributed by atoms with Gasteiger partial charge in [-0.2, -0.15) is 0 Å². The Morgan fingerprint density at radius 3 is 0.824 bits per heavy atom. The van der Waals surface area contributed by atoms with Crippen LogP contribution in [0.3, 0.4) is 0 Å². The summed E-state index contributed by atoms with van der Waals surface area (Å²) in [5.41, 5.74) is -4.01. The van der Waals surface area contributed by atoms with Crippen molar-refractivity contribution < 1.29 is 38.4 Å². The third-order valence-electron chi connectivity index (χ3n) is 7.69. The van der Waals surface area contributed by atoms with E-state index >= 15 is 0 Å². The Morgan fingerprint density at radius 1 is 0.431 bits per heavy atom. The van der Waals surface area contributed by atoms with Crippen molar-refractivity contribution >= 4 is 0 Å². The molecular formula is C51H118. The van der Waals surface area contributed by atoms with Crippen LogP contribution in [-0.2, 0) is 0 Å². The molecule has 0 aliphatic carbocycles. The van der Waals surface area contributed by atoms with E-state index in [1.54, 1.807) is 55.4 Å². The van der Waals surface area contributed by atoms with E-state index in [0.29, 0.717) is 32.1 Å². The van der Waals surface area contributed by atoms with Gasteiger partial charge in [0.15, 0.2) is 0 Å². The minimum atomic E-state index is -2.33. The lowest BCUT2D eigenvalue weighted by Gasteiger charge is -2.49. The Hall–Kier alpha value is 0. The molecule has 2 unspecified atom stereocenters. The molecule has 0 aromatic carbocycles. The zero-order valence-corrected chi connectivity index (χ0v) is 39.4. The fourth-order valence-corrected chi connectivity index (χ4v) is 2.82. The molecule has 0 spiro atoms. The summed E-state index contributed by atoms with van der Waals surface area (Å²) in [5.74, 6) is -1.41. The van der Waals surface area contributed by atoms with Crippen LogP contribution in [-0.4, -0.2) is 0 Å². The zero-order valence-electron chi connectivity index (χ0n) is 67.4. The maximum absolute atomic E-state index is 7.76. The molecule has 0 nitrogen and oxygen atoms in total. The molecule has 0 amide bonds. The topological polar surface area (TPSA) is 0 Å². The minimum absolute atomic E-state index is 0.174. The van der Waals surface area contributed by atoms with Crippen molar-refractivity contribution in [2.24, 2.45) is 33.0 Å². The molecule has 0 saturated carbocycles. The molecule has 0 saturated heterocycles. The standard InChI is InChI=1S/C11H24.C9H20.C6H14.5C5H12/c1-9(2,3)11(7,8)10(4,5)6;1-7-9(5,6)8(2,3)4;1-4-5-6(2)3;5*1-3-5-4-2/h1-8H3;7H2,1-6H3;6H,4-5H2,1-3H3;5*3-5H2,1-2H3/i1D3,7D3;5D3;4D2,5D2,6D;2*3D2,5D2;5D2;2*3D2. The highest BCUT2D eigenvalue weighted by atomic mass is 14.5. The summed E-state index contributed by atoms with van der Waals surface area (Å²) < 4.78 is 204. The molecule has 51 heavy (non-hydrogen) atoms. The van der Waals surface area contributed by atoms with Gasteiger partial charge in [0.05, 0.1) is 0 Å². The maximum Gasteiger partial charge on any atom is 0.0297 e. The van der Waals surface area contributed by atoms with Gasteiger partial charge in [-0.25, -0.2) is 0 Å². The summed E-state index contributed by atoms with van der Waals surface area (Å²) in [4.78, 5) is 0. The summed E-state index contributed by atoms with van der Waals surface area (Å²) in [5, 5.41) is 0. The predicted molar refractivity (Wildman–Crippen MR) is 252 cm³/mol. The molecule has 0 aromatic heterocycles. The fraction of sp³-hybridized carbons (Fsp3) is 1.00. The highest BCUT2D eigenvalue weighted by Crippen LogP contribution is 2.50. The summed E-state index contributed by atoms with van der Waals surface area (Å²) in [7, 11) is 0. The van der Waals surface area contributed by atoms with Gasteiger partial charge in [0.2, 0.25) is 0 Å². The average molecular weight is 760 g/mol. The molecule has 0 aliphatic heterocycles. The Kier molecular flexibility index (Phi) is 22.9. The van der Waals surface area contributed by atoms with Gasteiger partial charge in [-0.1, -0.05) is 302 Å². The maximum atomic E-state index is 7.76. The summed E-state index contributed by atoms with van der Waals surface area (Å²) in [6.45, 7) is 33.8. The molecule has 2 atom stereocenters. The monoisotopic (exact) mass is 759 g/mol. The van der Waals surface area contributed by atoms with Crippen LogP contribution in [0.15, 0.2) is 0 Å². The molecular weight excluding hydrogens is 613 g/mol. The smallest absolute Gasteiger partial charge is 0.0297 e. The van der Waals surface area contributed by atoms with Gasteiger partial charge in [0.1, 0.15) is 0 Å². The Bertz CT molecular complexity index is 1460. The summed E-state index contributed by atoms with van der Waals surface area (Å²) in [6, 6.07) is 0. The van der Waals surface area contributed by atoms with E-state index in [1.807, 2.05) is 62.3 Å². The predicted octanol–water partition coefficient (Wildman–Crippen LogP) is 21.0. The molecule has 0 heteroatoms. The number of hydrogen-bond donors (Lipinski definition) is 0. The van der Waals surface area contributed by atoms with E-state index in [1.165, 1.54) is 41.5 Å². The number of hydrogen-bond acceptors (Lipinski definition) is 0. The van der Waals surface area contributed by atoms with Crippen molar-refractivity contribution in [2.45, 2.75) is 302 Å². The molecule has 0 N–H and O–H groups in total. The second kappa shape index (κ2) is 46.2. The molecule has 322 valence electrons. The third kappa shape index (κ3) is 62.3. The highest BCUT2D eigenvalue weighted by Gasteiger charge is 2.42. The van der Waals surface area contributed by atoms with E-state index in [4.69, 9.17) is 38.4 Å². The quantitative estimate of drug-likeness (QED) is 0.175. The molecule has 0 heterocycles. The van der Waals surface area contributed by atoms with Crippen molar-refractivity contribution in [3.63, 3.8) is 0 Å². The first-order chi connectivity index (χ1) is 33.4. The average Bonchev–Trinajstić information content (AvgIpc) is 3.17. The van der Waals surface area contributed by atoms with Crippen molar-refractivity contribution in [3.8, 4) is 0 Å². The normalized spacial score (nSPS) is 24.5. The van der Waals surface area contributed by atoms with Crippen LogP contribution < -0.4 is 0 Å². The zero-order chi connectivity index (χ0) is 67.4. The van der Waals surface area contributed by atoms with Crippen LogP contribution in [0.4, 0.5) is 0 Å². The van der Waals surface area contributed by atoms with E-state index in [2.05, 4.69) is 0 Å². The van der Waals surface area contributed by atoms with Crippen molar-refractivity contribution in [3.05, 3.63) is 0 Å². The lowest BCUT2D eigenvalue weighted by atomic mass is 9.56. The van der Waals surface area contributed by atoms with Gasteiger partial charge >= 0.3 is 0 Å². The Balaban J connectivity index is -0.000000124. The first-order valence-electron chi connectivity index (χ1n) is 33.4. The summed E-state index contributed by atoms with van der Waals surface area (Å²) >= 11 is 0. The minimum Gasteiger partial charge on any atom is -0.0654 e. The van der Waals surface area contributed by atoms with Crippen molar-refractivity contribution in [1.82, 2.24) is 0 Å². The van der Waals surface area contributed by atoms with Gasteiger partial charge in [-0.05, 0) is 33.0 Å². The SMILES string of the molecule is [2H]C([2H])(C)C([2H])([2H])C([2H])(C)C.[2H]C([2H])(C)C([2H])([2H])CC.[2H]C([2H])(C)C([2H])([2H])CC.[2H]C([2H])(C)CCC.[2H]C([2H])(C)CCC.[2H]C([2H])(CC)CC.[2H]C([2H])([2H])C(C)(C)C(C)(C([2H])([2H])[2H])C(C)(C)C.[2H]C([2H])([2H])C(C)(CC)C(C)(C)C. The molecule has 0 bridgehead atoms. The van der Waals surface area contributed by atoms with E-state index in [0.717, 1.165) is 19.8 Å². The van der Waals surface area contributed by atoms with Gasteiger partial charge in [-0.3, -0.25) is 0 Å². The van der Waals surface area contributed by atoms with Gasteiger partial charge in [0.25, 0.3) is 0 Å². The molecule has 0 aliphatic rings. The largest absolute Gasteiger partial charge is 0.0654 e. The van der Waals surface area contributed by atoms with Crippen LogP contribution in [0.1, 0.15) is 340 Å². The number of rotatable bonds is 13. The second-order valence-corrected chi connectivity index (χ2v) is 15.0. The van der Waals surface area contributed by atoms with Gasteiger partial charge < -0.3 is 0 Å². The van der Waals surface area contributed by atoms with Crippen LogP contribution in [0.5, 0.6) is 0 Å². The van der Waals surface area contributed by atoms with E-state index in [9.17, 15) is 0 Å². The van der Waals surface area contributed by atoms with Crippen molar-refractivity contribution in [1.29, 1.82) is 0 Å². The van der Waals surface area contributed by atoms with Crippen LogP contribution in [0.2, 0.25) is 0 Å². The molecule has 0 radical (unpaired) electrons. The molecule has 0 rings (SSSR count). The lowest BCUT2D eigenvalue weighted by molar-refractivity contribution is 0.00575. The Morgan fingerprint density at radius 2 is 0.804 bits per heavy atom. The lowest BCUT2D eigenvalue weighted by Crippen LogP contribution is -2.41. The third-order valence-corrected chi connectivity index (χ3v) is 7.69. The van der Waals surface area contributed by atoms with E-state index < -0.39 is 105 Å². The van der Waals surface area contributed by atoms with Crippen LogP contribution >= 0.6 is 0 Å². The van der Waals surface area contributed by atoms with Gasteiger partial charge in [0, 0.05) is 38.4 Å². The second-order valence-electron chi connectivity index (χ2n) is 15.0. The molecule has 0 fully saturated rings. The van der Waals surface area contributed by atoms with Crippen LogP contribution in [0, 0.1) is 33.0 Å². The van der Waals surface area contributed by atoms with Crippen LogP contribution in [0.25, 0.3) is 0 Å². The first kappa shape index (κ1) is 25.3.